The van der Waals surface area contributed by atoms with E-state index in [9.17, 15) is 9.59 Å². The summed E-state index contributed by atoms with van der Waals surface area (Å²) >= 11 is 1.27. The van der Waals surface area contributed by atoms with Crippen LogP contribution >= 0.6 is 11.3 Å². The monoisotopic (exact) mass is 469 g/mol. The summed E-state index contributed by atoms with van der Waals surface area (Å²) in [7, 11) is 3.11. The molecule has 33 heavy (non-hydrogen) atoms. The van der Waals surface area contributed by atoms with Crippen LogP contribution < -0.4 is 20.7 Å². The van der Waals surface area contributed by atoms with E-state index in [0.717, 1.165) is 37.2 Å². The summed E-state index contributed by atoms with van der Waals surface area (Å²) in [4.78, 5) is 37.5. The van der Waals surface area contributed by atoms with Gasteiger partial charge in [0.25, 0.3) is 5.91 Å². The van der Waals surface area contributed by atoms with Crippen LogP contribution in [0.4, 0.5) is 11.4 Å². The molecule has 3 heterocycles. The van der Waals surface area contributed by atoms with E-state index in [1.54, 1.807) is 19.2 Å². The van der Waals surface area contributed by atoms with Crippen LogP contribution in [-0.2, 0) is 11.3 Å². The number of carbonyl (C=O) groups is 2. The molecule has 0 unspecified atom stereocenters. The van der Waals surface area contributed by atoms with Crippen molar-refractivity contribution >= 4 is 44.7 Å². The van der Waals surface area contributed by atoms with Gasteiger partial charge in [-0.2, -0.15) is 4.98 Å². The maximum Gasteiger partial charge on any atom is 0.266 e. The molecule has 0 radical (unpaired) electrons. The number of nitrogens with zero attached hydrogens (tertiary/aromatic N) is 3. The SMILES string of the molecule is COCc1nc(OC)c2c(C)c(C(=O)Nc3cc(C(N)=O)ccc3N3CCCCC3)sc2n1. The number of hydrogen-bond acceptors (Lipinski definition) is 8. The minimum Gasteiger partial charge on any atom is -0.480 e. The number of hydrogen-bond donors (Lipinski definition) is 2. The Labute approximate surface area is 195 Å². The number of methoxy groups -OCH3 is 2. The first-order valence-corrected chi connectivity index (χ1v) is 11.6. The predicted molar refractivity (Wildman–Crippen MR) is 128 cm³/mol. The molecule has 4 rings (SSSR count). The number of anilines is 2. The molecule has 0 saturated carbocycles. The van der Waals surface area contributed by atoms with E-state index in [4.69, 9.17) is 15.2 Å². The molecule has 1 aliphatic heterocycles. The predicted octanol–water partition coefficient (Wildman–Crippen LogP) is 3.50. The third-order valence-electron chi connectivity index (χ3n) is 5.70. The van der Waals surface area contributed by atoms with Crippen LogP contribution in [0.2, 0.25) is 0 Å². The molecule has 0 aliphatic carbocycles. The molecule has 1 aromatic carbocycles. The minimum atomic E-state index is -0.542. The second kappa shape index (κ2) is 9.72. The van der Waals surface area contributed by atoms with Crippen molar-refractivity contribution in [3.63, 3.8) is 0 Å². The van der Waals surface area contributed by atoms with Gasteiger partial charge in [0.1, 0.15) is 11.4 Å². The first kappa shape index (κ1) is 22.9. The second-order valence-electron chi connectivity index (χ2n) is 7.92. The van der Waals surface area contributed by atoms with Gasteiger partial charge < -0.3 is 25.4 Å². The van der Waals surface area contributed by atoms with Crippen molar-refractivity contribution in [3.05, 3.63) is 40.0 Å². The van der Waals surface area contributed by atoms with E-state index in [1.165, 1.54) is 24.9 Å². The van der Waals surface area contributed by atoms with Crippen molar-refractivity contribution in [3.8, 4) is 5.88 Å². The summed E-state index contributed by atoms with van der Waals surface area (Å²) in [6, 6.07) is 5.19. The smallest absolute Gasteiger partial charge is 0.266 e. The number of thiophene rings is 1. The number of nitrogens with one attached hydrogen (secondary N) is 1. The highest BCUT2D eigenvalue weighted by molar-refractivity contribution is 7.20. The van der Waals surface area contributed by atoms with Crippen LogP contribution in [0.5, 0.6) is 5.88 Å². The number of piperidine rings is 1. The molecular weight excluding hydrogens is 442 g/mol. The molecule has 0 atom stereocenters. The zero-order valence-corrected chi connectivity index (χ0v) is 19.8. The summed E-state index contributed by atoms with van der Waals surface area (Å²) in [5.41, 5.74) is 8.02. The molecule has 174 valence electrons. The van der Waals surface area contributed by atoms with Crippen molar-refractivity contribution in [2.24, 2.45) is 5.73 Å². The summed E-state index contributed by atoms with van der Waals surface area (Å²) in [5.74, 6) is 0.0614. The Morgan fingerprint density at radius 3 is 2.61 bits per heavy atom. The van der Waals surface area contributed by atoms with Gasteiger partial charge in [-0.15, -0.1) is 11.3 Å². The lowest BCUT2D eigenvalue weighted by Gasteiger charge is -2.30. The Kier molecular flexibility index (Phi) is 6.75. The van der Waals surface area contributed by atoms with Gasteiger partial charge in [0.05, 0.1) is 28.7 Å². The molecule has 0 bridgehead atoms. The number of ether oxygens (including phenoxy) is 2. The zero-order chi connectivity index (χ0) is 23.5. The number of aryl methyl sites for hydroxylation is 1. The largest absolute Gasteiger partial charge is 0.480 e. The van der Waals surface area contributed by atoms with E-state index in [-0.39, 0.29) is 12.5 Å². The van der Waals surface area contributed by atoms with Gasteiger partial charge in [0.15, 0.2) is 5.82 Å². The van der Waals surface area contributed by atoms with Gasteiger partial charge in [-0.3, -0.25) is 9.59 Å². The molecule has 3 aromatic rings. The highest BCUT2D eigenvalue weighted by atomic mass is 32.1. The fraction of sp³-hybridized carbons (Fsp3) is 0.391. The molecular formula is C23H27N5O4S. The van der Waals surface area contributed by atoms with E-state index >= 15 is 0 Å². The number of carbonyl (C=O) groups excluding carboxylic acids is 2. The van der Waals surface area contributed by atoms with Crippen molar-refractivity contribution in [1.29, 1.82) is 0 Å². The Hall–Kier alpha value is -3.24. The van der Waals surface area contributed by atoms with Crippen LogP contribution in [0.1, 0.15) is 50.7 Å². The zero-order valence-electron chi connectivity index (χ0n) is 18.9. The Morgan fingerprint density at radius 1 is 1.18 bits per heavy atom. The molecule has 9 nitrogen and oxygen atoms in total. The van der Waals surface area contributed by atoms with Crippen molar-refractivity contribution < 1.29 is 19.1 Å². The van der Waals surface area contributed by atoms with Gasteiger partial charge >= 0.3 is 0 Å². The minimum absolute atomic E-state index is 0.240. The molecule has 1 fully saturated rings. The lowest BCUT2D eigenvalue weighted by atomic mass is 10.1. The Morgan fingerprint density at radius 2 is 1.94 bits per heavy atom. The van der Waals surface area contributed by atoms with Gasteiger partial charge in [-0.1, -0.05) is 0 Å². The number of primary amides is 1. The molecule has 10 heteroatoms. The number of fused-ring (bicyclic) bond motifs is 1. The van der Waals surface area contributed by atoms with E-state index < -0.39 is 5.91 Å². The second-order valence-corrected chi connectivity index (χ2v) is 8.92. The van der Waals surface area contributed by atoms with E-state index in [0.29, 0.717) is 38.0 Å². The standard InChI is InChI=1S/C23H27N5O4S/c1-13-18-22(32-3)26-17(12-31-2)27-23(18)33-19(13)21(30)25-15-11-14(20(24)29)7-8-16(15)28-9-5-4-6-10-28/h7-8,11H,4-6,9-10,12H2,1-3H3,(H2,24,29)(H,25,30). The molecule has 0 spiro atoms. The fourth-order valence-electron chi connectivity index (χ4n) is 4.08. The van der Waals surface area contributed by atoms with Crippen LogP contribution in [0.25, 0.3) is 10.2 Å². The van der Waals surface area contributed by atoms with Crippen LogP contribution in [0.15, 0.2) is 18.2 Å². The average Bonchev–Trinajstić information content (AvgIpc) is 3.15. The summed E-state index contributed by atoms with van der Waals surface area (Å²) < 4.78 is 10.6. The molecule has 1 saturated heterocycles. The van der Waals surface area contributed by atoms with Crippen molar-refractivity contribution in [2.45, 2.75) is 32.8 Å². The third kappa shape index (κ3) is 4.62. The number of amides is 2. The molecule has 2 amide bonds. The highest BCUT2D eigenvalue weighted by Gasteiger charge is 2.23. The first-order valence-electron chi connectivity index (χ1n) is 10.8. The molecule has 1 aliphatic rings. The quantitative estimate of drug-likeness (QED) is 0.543. The number of nitrogens with two attached hydrogens (primary N) is 1. The van der Waals surface area contributed by atoms with E-state index in [1.807, 2.05) is 13.0 Å². The Balaban J connectivity index is 1.72. The van der Waals surface area contributed by atoms with Gasteiger partial charge in [0.2, 0.25) is 11.8 Å². The fourth-order valence-corrected chi connectivity index (χ4v) is 5.17. The molecule has 2 aromatic heterocycles. The normalized spacial score (nSPS) is 13.8. The lowest BCUT2D eigenvalue weighted by Crippen LogP contribution is -2.30. The summed E-state index contributed by atoms with van der Waals surface area (Å²) in [6.45, 7) is 3.89. The number of benzene rings is 1. The maximum absolute atomic E-state index is 13.4. The van der Waals surface area contributed by atoms with Gasteiger partial charge in [0, 0.05) is 25.8 Å². The van der Waals surface area contributed by atoms with Crippen molar-refractivity contribution in [2.75, 3.05) is 37.5 Å². The highest BCUT2D eigenvalue weighted by Crippen LogP contribution is 2.36. The average molecular weight is 470 g/mol. The van der Waals surface area contributed by atoms with Crippen LogP contribution in [0.3, 0.4) is 0 Å². The van der Waals surface area contributed by atoms with Crippen LogP contribution in [-0.4, -0.2) is 49.1 Å². The topological polar surface area (TPSA) is 120 Å². The summed E-state index contributed by atoms with van der Waals surface area (Å²) in [5, 5.41) is 3.71. The molecule has 3 N–H and O–H groups in total. The first-order chi connectivity index (χ1) is 15.9. The van der Waals surface area contributed by atoms with Gasteiger partial charge in [-0.05, 0) is 49.9 Å². The lowest BCUT2D eigenvalue weighted by molar-refractivity contribution is 0.0996. The number of aromatic nitrogens is 2. The summed E-state index contributed by atoms with van der Waals surface area (Å²) in [6.07, 6.45) is 3.36. The van der Waals surface area contributed by atoms with E-state index in [2.05, 4.69) is 20.2 Å². The van der Waals surface area contributed by atoms with Crippen LogP contribution in [0, 0.1) is 6.92 Å². The Bertz CT molecular complexity index is 1200. The van der Waals surface area contributed by atoms with Crippen molar-refractivity contribution in [1.82, 2.24) is 9.97 Å². The third-order valence-corrected chi connectivity index (χ3v) is 6.89. The van der Waals surface area contributed by atoms with Gasteiger partial charge in [-0.25, -0.2) is 4.98 Å². The number of rotatable bonds is 7. The maximum atomic E-state index is 13.4.